The second-order valence-corrected chi connectivity index (χ2v) is 7.90. The molecule has 2 fully saturated rings. The Morgan fingerprint density at radius 1 is 1.24 bits per heavy atom. The topological polar surface area (TPSA) is 95.3 Å². The van der Waals surface area contributed by atoms with E-state index >= 15 is 0 Å². The number of nitrogen functional groups attached to an aromatic ring is 1. The summed E-state index contributed by atoms with van der Waals surface area (Å²) < 4.78 is 0. The highest BCUT2D eigenvalue weighted by molar-refractivity contribution is 5.74. The Balaban J connectivity index is 1.41. The van der Waals surface area contributed by atoms with Crippen LogP contribution in [0.25, 0.3) is 0 Å². The summed E-state index contributed by atoms with van der Waals surface area (Å²) in [4.78, 5) is 19.1. The van der Waals surface area contributed by atoms with E-state index in [0.29, 0.717) is 12.4 Å². The van der Waals surface area contributed by atoms with Crippen LogP contribution in [0, 0.1) is 0 Å². The minimum Gasteiger partial charge on any atom is -0.384 e. The largest absolute Gasteiger partial charge is 0.384 e. The molecule has 7 heteroatoms. The number of urea groups is 1. The third-order valence-corrected chi connectivity index (χ3v) is 6.01. The van der Waals surface area contributed by atoms with Crippen LogP contribution in [0.2, 0.25) is 0 Å². The molecule has 2 saturated heterocycles. The number of hydrogen-bond acceptors (Lipinski definition) is 5. The fraction of sp³-hybridized carbons (Fsp3) is 0.455. The highest BCUT2D eigenvalue weighted by Gasteiger charge is 2.40. The van der Waals surface area contributed by atoms with E-state index in [9.17, 15) is 4.79 Å². The monoisotopic (exact) mass is 394 g/mol. The summed E-state index contributed by atoms with van der Waals surface area (Å²) in [5.41, 5.74) is 15.0. The maximum Gasteiger partial charge on any atom is 0.317 e. The molecule has 0 spiro atoms. The first-order valence-electron chi connectivity index (χ1n) is 10.5. The average Bonchev–Trinajstić information content (AvgIpc) is 3.24. The summed E-state index contributed by atoms with van der Waals surface area (Å²) in [6.45, 7) is 2.26. The quantitative estimate of drug-likeness (QED) is 0.622. The normalized spacial score (nSPS) is 24.4. The van der Waals surface area contributed by atoms with Gasteiger partial charge in [-0.2, -0.15) is 0 Å². The number of piperidine rings is 1. The van der Waals surface area contributed by atoms with Crippen molar-refractivity contribution in [2.24, 2.45) is 0 Å². The Bertz CT molecular complexity index is 814. The lowest BCUT2D eigenvalue weighted by molar-refractivity contribution is 0.128. The van der Waals surface area contributed by atoms with E-state index in [4.69, 9.17) is 5.73 Å². The van der Waals surface area contributed by atoms with Crippen LogP contribution in [0.15, 0.2) is 48.7 Å². The van der Waals surface area contributed by atoms with Crippen molar-refractivity contribution in [1.82, 2.24) is 26.1 Å². The SMILES string of the molecule is Nc1cc(C2CNNC2C2CCCCN2C(=O)NCCc2ccccc2)ccn1. The first kappa shape index (κ1) is 19.7. The molecule has 1 aromatic heterocycles. The van der Waals surface area contributed by atoms with Gasteiger partial charge in [0.1, 0.15) is 5.82 Å². The number of aromatic nitrogens is 1. The minimum absolute atomic E-state index is 0.0346. The van der Waals surface area contributed by atoms with E-state index in [1.165, 1.54) is 5.56 Å². The van der Waals surface area contributed by atoms with Gasteiger partial charge in [-0.3, -0.25) is 10.9 Å². The van der Waals surface area contributed by atoms with Crippen LogP contribution >= 0.6 is 0 Å². The number of hydrogen-bond donors (Lipinski definition) is 4. The van der Waals surface area contributed by atoms with Gasteiger partial charge in [0.25, 0.3) is 0 Å². The van der Waals surface area contributed by atoms with Crippen LogP contribution in [-0.2, 0) is 6.42 Å². The van der Waals surface area contributed by atoms with Crippen molar-refractivity contribution in [3.63, 3.8) is 0 Å². The van der Waals surface area contributed by atoms with Gasteiger partial charge in [0.05, 0.1) is 6.04 Å². The van der Waals surface area contributed by atoms with Gasteiger partial charge in [0.15, 0.2) is 0 Å². The number of nitrogens with one attached hydrogen (secondary N) is 3. The molecule has 0 radical (unpaired) electrons. The minimum atomic E-state index is 0.0346. The number of nitrogens with two attached hydrogens (primary N) is 1. The number of carbonyl (C=O) groups is 1. The third kappa shape index (κ3) is 4.68. The Morgan fingerprint density at radius 3 is 2.93 bits per heavy atom. The summed E-state index contributed by atoms with van der Waals surface area (Å²) in [5.74, 6) is 0.787. The molecule has 3 heterocycles. The Morgan fingerprint density at radius 2 is 2.10 bits per heavy atom. The van der Waals surface area contributed by atoms with E-state index in [1.54, 1.807) is 6.20 Å². The zero-order chi connectivity index (χ0) is 20.1. The molecule has 1 aromatic carbocycles. The molecule has 0 bridgehead atoms. The van der Waals surface area contributed by atoms with Crippen LogP contribution in [0.5, 0.6) is 0 Å². The second kappa shape index (κ2) is 9.24. The number of pyridine rings is 1. The molecule has 7 nitrogen and oxygen atoms in total. The van der Waals surface area contributed by atoms with Crippen LogP contribution in [0.1, 0.15) is 36.3 Å². The molecular weight excluding hydrogens is 364 g/mol. The first-order chi connectivity index (χ1) is 14.2. The lowest BCUT2D eigenvalue weighted by Gasteiger charge is -2.40. The molecule has 5 N–H and O–H groups in total. The molecule has 154 valence electrons. The fourth-order valence-electron chi connectivity index (χ4n) is 4.54. The van der Waals surface area contributed by atoms with Crippen LogP contribution in [0.3, 0.4) is 0 Å². The highest BCUT2D eigenvalue weighted by Crippen LogP contribution is 2.31. The van der Waals surface area contributed by atoms with Gasteiger partial charge >= 0.3 is 6.03 Å². The van der Waals surface area contributed by atoms with E-state index < -0.39 is 0 Å². The summed E-state index contributed by atoms with van der Waals surface area (Å²) in [6.07, 6.45) is 5.79. The van der Waals surface area contributed by atoms with E-state index in [1.807, 2.05) is 35.2 Å². The summed E-state index contributed by atoms with van der Waals surface area (Å²) in [5, 5.41) is 3.13. The maximum absolute atomic E-state index is 13.0. The first-order valence-corrected chi connectivity index (χ1v) is 10.5. The van der Waals surface area contributed by atoms with E-state index in [-0.39, 0.29) is 24.0 Å². The van der Waals surface area contributed by atoms with Crippen molar-refractivity contribution in [3.8, 4) is 0 Å². The maximum atomic E-state index is 13.0. The van der Waals surface area contributed by atoms with Gasteiger partial charge in [-0.1, -0.05) is 30.3 Å². The van der Waals surface area contributed by atoms with Gasteiger partial charge in [-0.05, 0) is 48.9 Å². The fourth-order valence-corrected chi connectivity index (χ4v) is 4.54. The molecule has 2 aromatic rings. The summed E-state index contributed by atoms with van der Waals surface area (Å²) in [6, 6.07) is 14.6. The van der Waals surface area contributed by atoms with Gasteiger partial charge in [-0.25, -0.2) is 9.78 Å². The zero-order valence-electron chi connectivity index (χ0n) is 16.7. The predicted molar refractivity (Wildman–Crippen MR) is 114 cm³/mol. The summed E-state index contributed by atoms with van der Waals surface area (Å²) in [7, 11) is 0. The molecular formula is C22H30N6O. The van der Waals surface area contributed by atoms with Crippen LogP contribution in [-0.4, -0.2) is 47.6 Å². The number of nitrogens with zero attached hydrogens (tertiary/aromatic N) is 2. The Kier molecular flexibility index (Phi) is 6.27. The molecule has 2 aliphatic rings. The molecule has 0 saturated carbocycles. The van der Waals surface area contributed by atoms with Gasteiger partial charge in [0.2, 0.25) is 0 Å². The molecule has 3 unspecified atom stereocenters. The van der Waals surface area contributed by atoms with Crippen molar-refractivity contribution < 1.29 is 4.79 Å². The van der Waals surface area contributed by atoms with E-state index in [0.717, 1.165) is 44.3 Å². The number of rotatable bonds is 5. The number of amides is 2. The number of benzene rings is 1. The molecule has 2 aliphatic heterocycles. The van der Waals surface area contributed by atoms with E-state index in [2.05, 4.69) is 33.3 Å². The molecule has 4 rings (SSSR count). The average molecular weight is 395 g/mol. The van der Waals surface area contributed by atoms with Crippen molar-refractivity contribution in [3.05, 3.63) is 59.8 Å². The zero-order valence-corrected chi connectivity index (χ0v) is 16.7. The van der Waals surface area contributed by atoms with Gasteiger partial charge in [0, 0.05) is 37.8 Å². The number of likely N-dealkylation sites (tertiary alicyclic amines) is 1. The number of anilines is 1. The lowest BCUT2D eigenvalue weighted by atomic mass is 9.85. The van der Waals surface area contributed by atoms with Crippen molar-refractivity contribution in [2.75, 3.05) is 25.4 Å². The second-order valence-electron chi connectivity index (χ2n) is 7.90. The number of carbonyl (C=O) groups excluding carboxylic acids is 1. The summed E-state index contributed by atoms with van der Waals surface area (Å²) >= 11 is 0. The standard InChI is InChI=1S/C22H30N6O/c23-20-14-17(10-12-24-20)18-15-26-27-21(18)19-8-4-5-13-28(19)22(29)25-11-9-16-6-2-1-3-7-16/h1-3,6-7,10,12,14,18-19,21,26-27H,4-5,8-9,11,13,15H2,(H2,23,24)(H,25,29). The predicted octanol–water partition coefficient (Wildman–Crippen LogP) is 2.03. The van der Waals surface area contributed by atoms with Crippen molar-refractivity contribution >= 4 is 11.8 Å². The Hall–Kier alpha value is -2.64. The smallest absolute Gasteiger partial charge is 0.317 e. The lowest BCUT2D eigenvalue weighted by Crippen LogP contribution is -2.57. The van der Waals surface area contributed by atoms with Crippen LogP contribution < -0.4 is 21.9 Å². The Labute approximate surface area is 172 Å². The van der Waals surface area contributed by atoms with Gasteiger partial charge in [-0.15, -0.1) is 0 Å². The number of hydrazine groups is 1. The highest BCUT2D eigenvalue weighted by atomic mass is 16.2. The molecule has 3 atom stereocenters. The third-order valence-electron chi connectivity index (χ3n) is 6.01. The van der Waals surface area contributed by atoms with Gasteiger partial charge < -0.3 is 16.0 Å². The van der Waals surface area contributed by atoms with Crippen molar-refractivity contribution in [2.45, 2.75) is 43.7 Å². The van der Waals surface area contributed by atoms with Crippen molar-refractivity contribution in [1.29, 1.82) is 0 Å². The molecule has 2 amide bonds. The molecule has 29 heavy (non-hydrogen) atoms. The molecule has 0 aliphatic carbocycles. The van der Waals surface area contributed by atoms with Crippen LogP contribution in [0.4, 0.5) is 10.6 Å².